The van der Waals surface area contributed by atoms with Crippen LogP contribution in [-0.4, -0.2) is 17.9 Å². The Labute approximate surface area is 99.1 Å². The predicted octanol–water partition coefficient (Wildman–Crippen LogP) is 2.61. The van der Waals surface area contributed by atoms with E-state index >= 15 is 0 Å². The number of aryl methyl sites for hydroxylation is 1. The first kappa shape index (κ1) is 10.0. The number of methoxy groups -OCH3 is 1. The molecule has 0 amide bonds. The van der Waals surface area contributed by atoms with Crippen LogP contribution in [0.3, 0.4) is 0 Å². The van der Waals surface area contributed by atoms with Crippen molar-refractivity contribution in [2.24, 2.45) is 0 Å². The van der Waals surface area contributed by atoms with Crippen molar-refractivity contribution in [1.82, 2.24) is 4.98 Å². The van der Waals surface area contributed by atoms with Crippen LogP contribution in [0.15, 0.2) is 30.5 Å². The normalized spacial score (nSPS) is 12.2. The van der Waals surface area contributed by atoms with Gasteiger partial charge in [0, 0.05) is 11.8 Å². The van der Waals surface area contributed by atoms with Gasteiger partial charge in [-0.2, -0.15) is 0 Å². The number of rotatable bonds is 1. The zero-order valence-electron chi connectivity index (χ0n) is 9.65. The van der Waals surface area contributed by atoms with Crippen molar-refractivity contribution in [1.29, 1.82) is 0 Å². The van der Waals surface area contributed by atoms with Crippen molar-refractivity contribution in [3.05, 3.63) is 47.2 Å². The number of carbonyl (C=O) groups is 1. The summed E-state index contributed by atoms with van der Waals surface area (Å²) in [6.45, 7) is 1.93. The quantitative estimate of drug-likeness (QED) is 0.639. The molecule has 1 heterocycles. The summed E-state index contributed by atoms with van der Waals surface area (Å²) in [5, 5.41) is 0. The largest absolute Gasteiger partial charge is 0.496 e. The third kappa shape index (κ3) is 1.22. The molecule has 0 spiro atoms. The molecule has 2 aromatic rings. The van der Waals surface area contributed by atoms with Crippen LogP contribution in [0.1, 0.15) is 21.5 Å². The summed E-state index contributed by atoms with van der Waals surface area (Å²) >= 11 is 0. The van der Waals surface area contributed by atoms with E-state index in [1.54, 1.807) is 19.4 Å². The van der Waals surface area contributed by atoms with E-state index in [-0.39, 0.29) is 5.78 Å². The fourth-order valence-electron chi connectivity index (χ4n) is 2.31. The molecule has 1 aliphatic carbocycles. The van der Waals surface area contributed by atoms with E-state index in [4.69, 9.17) is 4.74 Å². The van der Waals surface area contributed by atoms with Gasteiger partial charge < -0.3 is 4.74 Å². The lowest BCUT2D eigenvalue weighted by Crippen LogP contribution is -2.00. The van der Waals surface area contributed by atoms with Gasteiger partial charge in [-0.05, 0) is 24.6 Å². The molecule has 3 heteroatoms. The molecule has 17 heavy (non-hydrogen) atoms. The molecule has 0 N–H and O–H groups in total. The topological polar surface area (TPSA) is 39.2 Å². The van der Waals surface area contributed by atoms with Crippen molar-refractivity contribution in [3.8, 4) is 17.0 Å². The molecular weight excluding hydrogens is 214 g/mol. The smallest absolute Gasteiger partial charge is 0.199 e. The maximum atomic E-state index is 12.4. The van der Waals surface area contributed by atoms with Crippen molar-refractivity contribution >= 4 is 5.78 Å². The van der Waals surface area contributed by atoms with Crippen molar-refractivity contribution < 1.29 is 9.53 Å². The van der Waals surface area contributed by atoms with Crippen molar-refractivity contribution in [2.45, 2.75) is 6.92 Å². The van der Waals surface area contributed by atoms with Crippen LogP contribution in [-0.2, 0) is 0 Å². The fourth-order valence-corrected chi connectivity index (χ4v) is 2.31. The van der Waals surface area contributed by atoms with Crippen molar-refractivity contribution in [2.75, 3.05) is 7.11 Å². The molecular formula is C14H11NO2. The highest BCUT2D eigenvalue weighted by atomic mass is 16.5. The molecule has 3 nitrogen and oxygen atoms in total. The Balaban J connectivity index is 2.38. The molecule has 0 unspecified atom stereocenters. The highest BCUT2D eigenvalue weighted by Crippen LogP contribution is 2.40. The maximum absolute atomic E-state index is 12.4. The Kier molecular flexibility index (Phi) is 2.01. The van der Waals surface area contributed by atoms with Crippen LogP contribution in [0.2, 0.25) is 0 Å². The summed E-state index contributed by atoms with van der Waals surface area (Å²) in [7, 11) is 1.58. The molecule has 0 saturated heterocycles. The van der Waals surface area contributed by atoms with Gasteiger partial charge >= 0.3 is 0 Å². The average molecular weight is 225 g/mol. The van der Waals surface area contributed by atoms with Gasteiger partial charge in [-0.25, -0.2) is 0 Å². The van der Waals surface area contributed by atoms with E-state index in [0.29, 0.717) is 16.9 Å². The van der Waals surface area contributed by atoms with E-state index < -0.39 is 0 Å². The van der Waals surface area contributed by atoms with Gasteiger partial charge in [0.05, 0.1) is 23.9 Å². The molecule has 0 aliphatic heterocycles. The highest BCUT2D eigenvalue weighted by molar-refractivity contribution is 6.23. The summed E-state index contributed by atoms with van der Waals surface area (Å²) in [5.41, 5.74) is 3.93. The molecule has 0 radical (unpaired) electrons. The lowest BCUT2D eigenvalue weighted by Gasteiger charge is -2.04. The third-order valence-corrected chi connectivity index (χ3v) is 3.11. The molecule has 84 valence electrons. The number of aromatic nitrogens is 1. The molecule has 0 bridgehead atoms. The van der Waals surface area contributed by atoms with E-state index in [0.717, 1.165) is 16.8 Å². The minimum atomic E-state index is 0.0121. The van der Waals surface area contributed by atoms with E-state index in [2.05, 4.69) is 4.98 Å². The molecule has 1 aromatic carbocycles. The monoisotopic (exact) mass is 225 g/mol. The minimum absolute atomic E-state index is 0.0121. The second-order valence-corrected chi connectivity index (χ2v) is 4.06. The Morgan fingerprint density at radius 3 is 2.76 bits per heavy atom. The zero-order chi connectivity index (χ0) is 12.0. The number of ketones is 1. The molecule has 1 aromatic heterocycles. The van der Waals surface area contributed by atoms with Crippen LogP contribution >= 0.6 is 0 Å². The number of carbonyl (C=O) groups excluding carboxylic acids is 1. The lowest BCUT2D eigenvalue weighted by molar-refractivity contribution is 0.104. The number of hydrogen-bond acceptors (Lipinski definition) is 3. The second-order valence-electron chi connectivity index (χ2n) is 4.06. The van der Waals surface area contributed by atoms with Gasteiger partial charge in [-0.3, -0.25) is 9.78 Å². The second kappa shape index (κ2) is 3.42. The van der Waals surface area contributed by atoms with Crippen LogP contribution in [0, 0.1) is 6.92 Å². The number of nitrogens with zero attached hydrogens (tertiary/aromatic N) is 1. The van der Waals surface area contributed by atoms with Gasteiger partial charge in [0.25, 0.3) is 0 Å². The summed E-state index contributed by atoms with van der Waals surface area (Å²) in [6.07, 6.45) is 1.73. The number of hydrogen-bond donors (Lipinski definition) is 0. The number of fused-ring (bicyclic) bond motifs is 3. The van der Waals surface area contributed by atoms with Gasteiger partial charge in [-0.15, -0.1) is 0 Å². The first-order valence-corrected chi connectivity index (χ1v) is 5.41. The fraction of sp³-hybridized carbons (Fsp3) is 0.143. The molecule has 0 fully saturated rings. The van der Waals surface area contributed by atoms with Gasteiger partial charge in [0.2, 0.25) is 0 Å². The Bertz CT molecular complexity index is 632. The highest BCUT2D eigenvalue weighted by Gasteiger charge is 2.31. The number of benzene rings is 1. The van der Waals surface area contributed by atoms with Crippen LogP contribution < -0.4 is 4.74 Å². The van der Waals surface area contributed by atoms with Gasteiger partial charge in [-0.1, -0.05) is 12.1 Å². The maximum Gasteiger partial charge on any atom is 0.199 e. The summed E-state index contributed by atoms with van der Waals surface area (Å²) in [6, 6.07) is 7.45. The van der Waals surface area contributed by atoms with Crippen LogP contribution in [0.4, 0.5) is 0 Å². The molecule has 3 rings (SSSR count). The molecule has 0 atom stereocenters. The molecule has 1 aliphatic rings. The Morgan fingerprint density at radius 2 is 2.00 bits per heavy atom. The summed E-state index contributed by atoms with van der Waals surface area (Å²) in [4.78, 5) is 16.7. The molecule has 0 saturated carbocycles. The predicted molar refractivity (Wildman–Crippen MR) is 64.4 cm³/mol. The summed E-state index contributed by atoms with van der Waals surface area (Å²) < 4.78 is 5.25. The van der Waals surface area contributed by atoms with Gasteiger partial charge in [0.15, 0.2) is 5.78 Å². The summed E-state index contributed by atoms with van der Waals surface area (Å²) in [5.74, 6) is 0.628. The van der Waals surface area contributed by atoms with E-state index in [1.165, 1.54) is 0 Å². The lowest BCUT2D eigenvalue weighted by atomic mass is 10.1. The van der Waals surface area contributed by atoms with E-state index in [9.17, 15) is 4.79 Å². The first-order valence-electron chi connectivity index (χ1n) is 5.41. The number of pyridine rings is 1. The van der Waals surface area contributed by atoms with E-state index in [1.807, 2.05) is 25.1 Å². The van der Waals surface area contributed by atoms with Crippen molar-refractivity contribution in [3.63, 3.8) is 0 Å². The first-order chi connectivity index (χ1) is 8.24. The zero-order valence-corrected chi connectivity index (χ0v) is 9.65. The Hall–Kier alpha value is -2.16. The standard InChI is InChI=1S/C14H11NO2/c1-8-6-7-15-13-9-4-3-5-10(17-2)12(9)14(16)11(8)13/h3-7H,1-2H3. The van der Waals surface area contributed by atoms with Crippen LogP contribution in [0.5, 0.6) is 5.75 Å². The van der Waals surface area contributed by atoms with Crippen LogP contribution in [0.25, 0.3) is 11.3 Å². The Morgan fingerprint density at radius 1 is 1.18 bits per heavy atom. The average Bonchev–Trinajstić information content (AvgIpc) is 2.65. The minimum Gasteiger partial charge on any atom is -0.496 e. The van der Waals surface area contributed by atoms with Gasteiger partial charge in [0.1, 0.15) is 5.75 Å². The third-order valence-electron chi connectivity index (χ3n) is 3.11. The SMILES string of the molecule is COc1cccc2c1C(=O)c1c(C)ccnc1-2. The number of ether oxygens (including phenoxy) is 1.